The van der Waals surface area contributed by atoms with Gasteiger partial charge in [0.05, 0.1) is 11.5 Å². The molecule has 1 aromatic carbocycles. The first-order valence-electron chi connectivity index (χ1n) is 9.04. The maximum Gasteiger partial charge on any atom is 0.238 e. The van der Waals surface area contributed by atoms with Crippen LogP contribution in [0.25, 0.3) is 0 Å². The van der Waals surface area contributed by atoms with Gasteiger partial charge in [-0.1, -0.05) is 42.1 Å². The molecule has 2 aromatic rings. The molecule has 2 unspecified atom stereocenters. The van der Waals surface area contributed by atoms with Gasteiger partial charge in [-0.25, -0.2) is 8.42 Å². The van der Waals surface area contributed by atoms with Crippen molar-refractivity contribution in [2.45, 2.75) is 41.6 Å². The maximum atomic E-state index is 12.8. The minimum absolute atomic E-state index is 0.0262. The molecule has 2 fully saturated rings. The zero-order valence-corrected chi connectivity index (χ0v) is 16.7. The van der Waals surface area contributed by atoms with Gasteiger partial charge in [0.1, 0.15) is 11.1 Å². The van der Waals surface area contributed by atoms with E-state index in [1.165, 1.54) is 11.8 Å². The Morgan fingerprint density at radius 3 is 2.59 bits per heavy atom. The molecular weight excluding hydrogens is 384 g/mol. The molecule has 144 valence electrons. The fourth-order valence-corrected chi connectivity index (χ4v) is 6.05. The van der Waals surface area contributed by atoms with Crippen LogP contribution in [0.4, 0.5) is 0 Å². The number of nitrogens with one attached hydrogen (secondary N) is 1. The molecule has 1 amide bonds. The zero-order valence-electron chi connectivity index (χ0n) is 15.0. The van der Waals surface area contributed by atoms with Crippen molar-refractivity contribution in [1.29, 1.82) is 0 Å². The first-order valence-corrected chi connectivity index (χ1v) is 11.7. The fraction of sp³-hybridized carbons (Fsp3) is 0.500. The highest BCUT2D eigenvalue weighted by Gasteiger charge is 2.34. The average molecular weight is 407 g/mol. The monoisotopic (exact) mass is 406 g/mol. The predicted molar refractivity (Wildman–Crippen MR) is 103 cm³/mol. The van der Waals surface area contributed by atoms with E-state index >= 15 is 0 Å². The van der Waals surface area contributed by atoms with Crippen molar-refractivity contribution < 1.29 is 13.2 Å². The number of nitrogens with zero attached hydrogens (tertiary/aromatic N) is 3. The van der Waals surface area contributed by atoms with E-state index < -0.39 is 15.1 Å². The molecule has 27 heavy (non-hydrogen) atoms. The summed E-state index contributed by atoms with van der Waals surface area (Å²) in [6.45, 7) is 0. The van der Waals surface area contributed by atoms with Crippen molar-refractivity contribution >= 4 is 27.5 Å². The number of thioether (sulfide) groups is 1. The van der Waals surface area contributed by atoms with Crippen LogP contribution in [0.5, 0.6) is 0 Å². The van der Waals surface area contributed by atoms with Crippen LogP contribution in [0.15, 0.2) is 35.5 Å². The van der Waals surface area contributed by atoms with Crippen LogP contribution >= 0.6 is 11.8 Å². The second-order valence-corrected chi connectivity index (χ2v) is 10.5. The molecule has 1 aliphatic carbocycles. The van der Waals surface area contributed by atoms with Crippen molar-refractivity contribution in [1.82, 2.24) is 20.1 Å². The quantitative estimate of drug-likeness (QED) is 0.736. The summed E-state index contributed by atoms with van der Waals surface area (Å²) >= 11 is 1.35. The van der Waals surface area contributed by atoms with Crippen LogP contribution in [-0.2, 0) is 21.7 Å². The van der Waals surface area contributed by atoms with E-state index in [0.29, 0.717) is 17.4 Å². The highest BCUT2D eigenvalue weighted by Crippen LogP contribution is 2.37. The van der Waals surface area contributed by atoms with E-state index in [1.807, 2.05) is 41.9 Å². The molecule has 7 nitrogen and oxygen atoms in total. The topological polar surface area (TPSA) is 93.9 Å². The minimum atomic E-state index is -2.99. The first-order chi connectivity index (χ1) is 12.9. The fourth-order valence-electron chi connectivity index (χ4n) is 3.29. The van der Waals surface area contributed by atoms with Crippen LogP contribution in [0.3, 0.4) is 0 Å². The molecular formula is C18H22N4O3S2. The van der Waals surface area contributed by atoms with Crippen LogP contribution in [-0.4, -0.2) is 46.6 Å². The van der Waals surface area contributed by atoms with E-state index in [9.17, 15) is 13.2 Å². The normalized spacial score (nSPS) is 22.5. The number of sulfone groups is 1. The lowest BCUT2D eigenvalue weighted by molar-refractivity contribution is -0.120. The number of carbonyl (C=O) groups excluding carboxylic acids is 1. The summed E-state index contributed by atoms with van der Waals surface area (Å²) in [5, 5.41) is 11.8. The molecule has 2 atom stereocenters. The molecule has 0 radical (unpaired) electrons. The van der Waals surface area contributed by atoms with E-state index in [4.69, 9.17) is 0 Å². The van der Waals surface area contributed by atoms with Gasteiger partial charge >= 0.3 is 0 Å². The van der Waals surface area contributed by atoms with Gasteiger partial charge in [0.15, 0.2) is 15.0 Å². The van der Waals surface area contributed by atoms with Gasteiger partial charge in [-0.05, 0) is 24.8 Å². The Labute approximate surface area is 162 Å². The van der Waals surface area contributed by atoms with Crippen LogP contribution < -0.4 is 5.32 Å². The number of rotatable bonds is 6. The van der Waals surface area contributed by atoms with Gasteiger partial charge < -0.3 is 9.88 Å². The molecule has 1 aliphatic heterocycles. The molecule has 2 aliphatic rings. The third-order valence-corrected chi connectivity index (χ3v) is 8.01. The number of hydrogen-bond acceptors (Lipinski definition) is 6. The third kappa shape index (κ3) is 4.19. The number of carbonyl (C=O) groups is 1. The largest absolute Gasteiger partial charge is 0.352 e. The summed E-state index contributed by atoms with van der Waals surface area (Å²) in [4.78, 5) is 12.8. The molecule has 0 bridgehead atoms. The Morgan fingerprint density at radius 1 is 1.22 bits per heavy atom. The van der Waals surface area contributed by atoms with Crippen LogP contribution in [0.2, 0.25) is 0 Å². The smallest absolute Gasteiger partial charge is 0.238 e. The summed E-state index contributed by atoms with van der Waals surface area (Å²) in [7, 11) is -1.15. The van der Waals surface area contributed by atoms with Gasteiger partial charge in [-0.3, -0.25) is 4.79 Å². The first kappa shape index (κ1) is 18.5. The Kier molecular flexibility index (Phi) is 4.98. The highest BCUT2D eigenvalue weighted by atomic mass is 32.2. The van der Waals surface area contributed by atoms with Crippen molar-refractivity contribution in [2.24, 2.45) is 7.05 Å². The zero-order chi connectivity index (χ0) is 19.0. The Balaban J connectivity index is 1.57. The molecule has 9 heteroatoms. The maximum absolute atomic E-state index is 12.8. The number of aromatic nitrogens is 3. The molecule has 4 rings (SSSR count). The molecule has 0 spiro atoms. The summed E-state index contributed by atoms with van der Waals surface area (Å²) in [6.07, 6.45) is 2.63. The molecule has 1 saturated heterocycles. The standard InChI is InChI=1S/C18H22N4O3S2/c1-22-16(13-9-10-27(24,25)11-13)20-21-18(22)26-15(12-5-3-2-4-6-12)17(23)19-14-7-8-14/h2-6,13-15H,7-11H2,1H3,(H,19,23). The third-order valence-electron chi connectivity index (χ3n) is 4.95. The number of benzene rings is 1. The summed E-state index contributed by atoms with van der Waals surface area (Å²) < 4.78 is 25.4. The van der Waals surface area contributed by atoms with E-state index in [2.05, 4.69) is 15.5 Å². The summed E-state index contributed by atoms with van der Waals surface area (Å²) in [5.41, 5.74) is 0.911. The van der Waals surface area contributed by atoms with Gasteiger partial charge in [-0.2, -0.15) is 0 Å². The van der Waals surface area contributed by atoms with Gasteiger partial charge in [0.2, 0.25) is 5.91 Å². The van der Waals surface area contributed by atoms with Gasteiger partial charge in [-0.15, -0.1) is 10.2 Å². The van der Waals surface area contributed by atoms with E-state index in [-0.39, 0.29) is 29.4 Å². The second kappa shape index (κ2) is 7.27. The SMILES string of the molecule is Cn1c(SC(C(=O)NC2CC2)c2ccccc2)nnc1C1CCS(=O)(=O)C1. The number of hydrogen-bond donors (Lipinski definition) is 1. The van der Waals surface area contributed by atoms with Gasteiger partial charge in [0, 0.05) is 19.0 Å². The summed E-state index contributed by atoms with van der Waals surface area (Å²) in [6, 6.07) is 9.90. The second-order valence-electron chi connectivity index (χ2n) is 7.19. The molecule has 1 aromatic heterocycles. The van der Waals surface area contributed by atoms with E-state index in [1.54, 1.807) is 0 Å². The Bertz CT molecular complexity index is 939. The Hall–Kier alpha value is -1.87. The molecule has 1 N–H and O–H groups in total. The lowest BCUT2D eigenvalue weighted by Gasteiger charge is -2.16. The van der Waals surface area contributed by atoms with E-state index in [0.717, 1.165) is 18.4 Å². The van der Waals surface area contributed by atoms with Crippen LogP contribution in [0, 0.1) is 0 Å². The van der Waals surface area contributed by atoms with Crippen molar-refractivity contribution in [3.05, 3.63) is 41.7 Å². The van der Waals surface area contributed by atoms with Crippen molar-refractivity contribution in [3.63, 3.8) is 0 Å². The number of amides is 1. The van der Waals surface area contributed by atoms with Crippen LogP contribution in [0.1, 0.15) is 41.8 Å². The van der Waals surface area contributed by atoms with Crippen molar-refractivity contribution in [2.75, 3.05) is 11.5 Å². The highest BCUT2D eigenvalue weighted by molar-refractivity contribution is 8.00. The lowest BCUT2D eigenvalue weighted by Crippen LogP contribution is -2.29. The minimum Gasteiger partial charge on any atom is -0.352 e. The molecule has 1 saturated carbocycles. The summed E-state index contributed by atoms with van der Waals surface area (Å²) in [5.74, 6) is 0.837. The average Bonchev–Trinajstić information content (AvgIpc) is 3.28. The van der Waals surface area contributed by atoms with Gasteiger partial charge in [0.25, 0.3) is 0 Å². The molecule has 2 heterocycles. The van der Waals surface area contributed by atoms with Crippen molar-refractivity contribution in [3.8, 4) is 0 Å². The predicted octanol–water partition coefficient (Wildman–Crippen LogP) is 1.83. The lowest BCUT2D eigenvalue weighted by atomic mass is 10.1. The Morgan fingerprint density at radius 2 is 1.96 bits per heavy atom.